The molecule has 1 aliphatic heterocycles. The second-order valence-electron chi connectivity index (χ2n) is 5.49. The van der Waals surface area contributed by atoms with Gasteiger partial charge in [-0.3, -0.25) is 0 Å². The van der Waals surface area contributed by atoms with Gasteiger partial charge in [-0.15, -0.1) is 11.3 Å². The average molecular weight is 308 g/mol. The summed E-state index contributed by atoms with van der Waals surface area (Å²) in [5.41, 5.74) is 4.86. The van der Waals surface area contributed by atoms with Crippen LogP contribution in [-0.2, 0) is 0 Å². The zero-order chi connectivity index (χ0) is 15.1. The van der Waals surface area contributed by atoms with Gasteiger partial charge in [-0.05, 0) is 54.1 Å². The number of aryl methyl sites for hydroxylation is 2. The molecular weight excluding hydrogens is 292 g/mol. The molecule has 0 amide bonds. The zero-order valence-electron chi connectivity index (χ0n) is 12.4. The molecule has 5 heteroatoms. The minimum atomic E-state index is 0.0929. The van der Waals surface area contributed by atoms with Gasteiger partial charge < -0.3 is 5.32 Å². The van der Waals surface area contributed by atoms with Crippen LogP contribution < -0.4 is 5.32 Å². The fourth-order valence-corrected chi connectivity index (χ4v) is 3.45. The highest BCUT2D eigenvalue weighted by atomic mass is 32.1. The van der Waals surface area contributed by atoms with Crippen molar-refractivity contribution < 1.29 is 0 Å². The predicted molar refractivity (Wildman–Crippen MR) is 90.0 cm³/mol. The van der Waals surface area contributed by atoms with E-state index in [9.17, 15) is 0 Å². The van der Waals surface area contributed by atoms with Gasteiger partial charge in [-0.1, -0.05) is 18.2 Å². The van der Waals surface area contributed by atoms with Crippen molar-refractivity contribution in [3.05, 3.63) is 69.7 Å². The lowest BCUT2D eigenvalue weighted by atomic mass is 10.0. The van der Waals surface area contributed by atoms with Crippen LogP contribution in [0.3, 0.4) is 0 Å². The second-order valence-corrected chi connectivity index (χ2v) is 6.47. The van der Waals surface area contributed by atoms with E-state index in [-0.39, 0.29) is 6.04 Å². The number of thiophene rings is 1. The van der Waals surface area contributed by atoms with E-state index in [4.69, 9.17) is 0 Å². The van der Waals surface area contributed by atoms with Gasteiger partial charge in [0.15, 0.2) is 0 Å². The predicted octanol–water partition coefficient (Wildman–Crippen LogP) is 4.01. The van der Waals surface area contributed by atoms with Crippen LogP contribution in [0.15, 0.2) is 48.1 Å². The van der Waals surface area contributed by atoms with Gasteiger partial charge in [-0.25, -0.2) is 4.68 Å². The number of allylic oxidation sites excluding steroid dienone is 1. The number of aromatic nitrogens is 3. The van der Waals surface area contributed by atoms with Crippen LogP contribution in [0.5, 0.6) is 0 Å². The quantitative estimate of drug-likeness (QED) is 0.778. The van der Waals surface area contributed by atoms with E-state index in [2.05, 4.69) is 71.0 Å². The molecule has 0 saturated heterocycles. The van der Waals surface area contributed by atoms with Crippen molar-refractivity contribution >= 4 is 23.0 Å². The number of hydrogen-bond acceptors (Lipinski definition) is 4. The largest absolute Gasteiger partial charge is 0.324 e. The molecular formula is C17H16N4S. The molecule has 3 heterocycles. The summed E-state index contributed by atoms with van der Waals surface area (Å²) >= 11 is 1.74. The third kappa shape index (κ3) is 2.14. The van der Waals surface area contributed by atoms with Crippen molar-refractivity contribution in [2.75, 3.05) is 5.32 Å². The van der Waals surface area contributed by atoms with Crippen LogP contribution in [0.1, 0.15) is 27.6 Å². The number of fused-ring (bicyclic) bond motifs is 1. The maximum Gasteiger partial charge on any atom is 0.226 e. The topological polar surface area (TPSA) is 42.7 Å². The minimum Gasteiger partial charge on any atom is -0.324 e. The molecule has 1 aliphatic rings. The molecule has 110 valence electrons. The summed E-state index contributed by atoms with van der Waals surface area (Å²) in [4.78, 5) is 5.60. The molecule has 1 N–H and O–H groups in total. The monoisotopic (exact) mass is 308 g/mol. The number of anilines is 1. The summed E-state index contributed by atoms with van der Waals surface area (Å²) < 4.78 is 1.93. The van der Waals surface area contributed by atoms with E-state index < -0.39 is 0 Å². The molecule has 0 aliphatic carbocycles. The SMILES string of the molecule is Cc1ccc(C2=C[C@H](c3cccs3)n3ncnc3N2)cc1C. The first-order chi connectivity index (χ1) is 10.7. The summed E-state index contributed by atoms with van der Waals surface area (Å²) in [6.07, 6.45) is 3.82. The molecule has 22 heavy (non-hydrogen) atoms. The highest BCUT2D eigenvalue weighted by Gasteiger charge is 2.24. The lowest BCUT2D eigenvalue weighted by molar-refractivity contribution is 0.620. The smallest absolute Gasteiger partial charge is 0.226 e. The maximum absolute atomic E-state index is 4.36. The van der Waals surface area contributed by atoms with Gasteiger partial charge in [-0.2, -0.15) is 10.1 Å². The Labute approximate surface area is 133 Å². The standard InChI is InChI=1S/C17H16N4S/c1-11-5-6-13(8-12(11)2)14-9-15(16-4-3-7-22-16)21-17(20-14)18-10-19-21/h3-10,15H,1-2H3,(H,18,19,20)/t15-/m1/s1. The Morgan fingerprint density at radius 2 is 2.09 bits per heavy atom. The Morgan fingerprint density at radius 3 is 2.86 bits per heavy atom. The Kier molecular flexibility index (Phi) is 3.08. The Hall–Kier alpha value is -2.40. The number of nitrogens with one attached hydrogen (secondary N) is 1. The Balaban J connectivity index is 1.81. The first-order valence-electron chi connectivity index (χ1n) is 7.22. The van der Waals surface area contributed by atoms with Crippen LogP contribution in [0.4, 0.5) is 5.95 Å². The van der Waals surface area contributed by atoms with Crippen molar-refractivity contribution in [3.63, 3.8) is 0 Å². The lowest BCUT2D eigenvalue weighted by Crippen LogP contribution is -2.19. The number of nitrogens with zero attached hydrogens (tertiary/aromatic N) is 3. The third-order valence-corrected chi connectivity index (χ3v) is 5.00. The normalized spacial score (nSPS) is 16.8. The van der Waals surface area contributed by atoms with Crippen molar-refractivity contribution in [2.45, 2.75) is 19.9 Å². The van der Waals surface area contributed by atoms with Crippen molar-refractivity contribution in [1.82, 2.24) is 14.8 Å². The van der Waals surface area contributed by atoms with E-state index in [0.717, 1.165) is 11.6 Å². The van der Waals surface area contributed by atoms with Crippen molar-refractivity contribution in [1.29, 1.82) is 0 Å². The van der Waals surface area contributed by atoms with Crippen molar-refractivity contribution in [2.24, 2.45) is 0 Å². The fraction of sp³-hybridized carbons (Fsp3) is 0.176. The molecule has 0 fully saturated rings. The first kappa shape index (κ1) is 13.3. The van der Waals surface area contributed by atoms with Crippen LogP contribution in [0.2, 0.25) is 0 Å². The molecule has 1 aromatic carbocycles. The van der Waals surface area contributed by atoms with Gasteiger partial charge in [0.2, 0.25) is 5.95 Å². The highest BCUT2D eigenvalue weighted by Crippen LogP contribution is 2.34. The molecule has 2 aromatic heterocycles. The molecule has 1 atom stereocenters. The summed E-state index contributed by atoms with van der Waals surface area (Å²) in [7, 11) is 0. The minimum absolute atomic E-state index is 0.0929. The summed E-state index contributed by atoms with van der Waals surface area (Å²) in [5, 5.41) is 9.84. The number of hydrogen-bond donors (Lipinski definition) is 1. The van der Waals surface area contributed by atoms with E-state index in [0.29, 0.717) is 0 Å². The van der Waals surface area contributed by atoms with E-state index >= 15 is 0 Å². The molecule has 4 rings (SSSR count). The highest BCUT2D eigenvalue weighted by molar-refractivity contribution is 7.10. The average Bonchev–Trinajstić information content (AvgIpc) is 3.19. The molecule has 4 nitrogen and oxygen atoms in total. The molecule has 0 saturated carbocycles. The Bertz CT molecular complexity index is 845. The van der Waals surface area contributed by atoms with E-state index in [1.807, 2.05) is 4.68 Å². The van der Waals surface area contributed by atoms with Crippen LogP contribution in [-0.4, -0.2) is 14.8 Å². The third-order valence-electron chi connectivity index (χ3n) is 4.06. The van der Waals surface area contributed by atoms with Gasteiger partial charge in [0.05, 0.1) is 0 Å². The summed E-state index contributed by atoms with van der Waals surface area (Å²) in [6.45, 7) is 4.27. The summed E-state index contributed by atoms with van der Waals surface area (Å²) in [6, 6.07) is 10.8. The van der Waals surface area contributed by atoms with Gasteiger partial charge in [0, 0.05) is 10.6 Å². The van der Waals surface area contributed by atoms with Crippen molar-refractivity contribution in [3.8, 4) is 0 Å². The molecule has 0 radical (unpaired) electrons. The second kappa shape index (κ2) is 5.10. The molecule has 0 bridgehead atoms. The lowest BCUT2D eigenvalue weighted by Gasteiger charge is -2.23. The van der Waals surface area contributed by atoms with Crippen LogP contribution in [0.25, 0.3) is 5.70 Å². The zero-order valence-corrected chi connectivity index (χ0v) is 13.3. The number of rotatable bonds is 2. The van der Waals surface area contributed by atoms with Crippen LogP contribution in [0, 0.1) is 13.8 Å². The van der Waals surface area contributed by atoms with E-state index in [1.54, 1.807) is 17.7 Å². The Morgan fingerprint density at radius 1 is 1.18 bits per heavy atom. The number of benzene rings is 1. The van der Waals surface area contributed by atoms with Crippen LogP contribution >= 0.6 is 11.3 Å². The maximum atomic E-state index is 4.36. The summed E-state index contributed by atoms with van der Waals surface area (Å²) in [5.74, 6) is 0.786. The van der Waals surface area contributed by atoms with Gasteiger partial charge in [0.1, 0.15) is 12.4 Å². The fourth-order valence-electron chi connectivity index (χ4n) is 2.67. The molecule has 0 unspecified atom stereocenters. The van der Waals surface area contributed by atoms with E-state index in [1.165, 1.54) is 21.6 Å². The van der Waals surface area contributed by atoms with Gasteiger partial charge in [0.25, 0.3) is 0 Å². The van der Waals surface area contributed by atoms with Gasteiger partial charge >= 0.3 is 0 Å². The first-order valence-corrected chi connectivity index (χ1v) is 8.10. The molecule has 0 spiro atoms. The molecule has 3 aromatic rings.